The molecule has 8 nitrogen and oxygen atoms in total. The van der Waals surface area contributed by atoms with E-state index in [1.165, 1.54) is 22.0 Å². The summed E-state index contributed by atoms with van der Waals surface area (Å²) in [4.78, 5) is 20.6. The summed E-state index contributed by atoms with van der Waals surface area (Å²) in [6, 6.07) is 0. The summed E-state index contributed by atoms with van der Waals surface area (Å²) in [5.41, 5.74) is 5.83. The highest BCUT2D eigenvalue weighted by atomic mass is 16.3. The van der Waals surface area contributed by atoms with Crippen molar-refractivity contribution in [2.24, 2.45) is 5.92 Å². The molecule has 1 fully saturated rings. The van der Waals surface area contributed by atoms with Gasteiger partial charge in [-0.3, -0.25) is 13.9 Å². The van der Waals surface area contributed by atoms with Gasteiger partial charge in [0.15, 0.2) is 11.2 Å². The maximum absolute atomic E-state index is 12.5. The van der Waals surface area contributed by atoms with E-state index in [-0.39, 0.29) is 35.1 Å². The van der Waals surface area contributed by atoms with Crippen LogP contribution >= 0.6 is 0 Å². The van der Waals surface area contributed by atoms with E-state index in [0.717, 1.165) is 6.42 Å². The minimum Gasteiger partial charge on any atom is -0.388 e. The molecule has 2 aromatic heterocycles. The highest BCUT2D eigenvalue weighted by Crippen LogP contribution is 2.32. The molecule has 0 bridgehead atoms. The van der Waals surface area contributed by atoms with Crippen molar-refractivity contribution in [3.05, 3.63) is 16.2 Å². The van der Waals surface area contributed by atoms with Crippen molar-refractivity contribution in [1.29, 1.82) is 0 Å². The summed E-state index contributed by atoms with van der Waals surface area (Å²) < 4.78 is 2.67. The summed E-state index contributed by atoms with van der Waals surface area (Å²) in [6.07, 6.45) is 3.30. The highest BCUT2D eigenvalue weighted by Gasteiger charge is 2.23. The summed E-state index contributed by atoms with van der Waals surface area (Å²) in [5.74, 6) is 0.995. The maximum Gasteiger partial charge on any atom is 0.281 e. The average Bonchev–Trinajstić information content (AvgIpc) is 3.18. The number of hydrogen-bond acceptors (Lipinski definition) is 6. The lowest BCUT2D eigenvalue weighted by Crippen LogP contribution is -2.26. The molecule has 0 amide bonds. The number of aliphatic hydroxyl groups excluding tert-OH is 2. The third kappa shape index (κ3) is 2.06. The monoisotopic (exact) mass is 279 g/mol. The van der Waals surface area contributed by atoms with Crippen LogP contribution in [0.4, 0.5) is 5.95 Å². The van der Waals surface area contributed by atoms with Crippen LogP contribution in [0.2, 0.25) is 0 Å². The van der Waals surface area contributed by atoms with Gasteiger partial charge in [0, 0.05) is 6.54 Å². The largest absolute Gasteiger partial charge is 0.388 e. The van der Waals surface area contributed by atoms with Crippen LogP contribution in [0.15, 0.2) is 4.79 Å². The standard InChI is InChI=1S/C12H17N5O3/c13-12-15-10-9(17(6-19)8(5-18)14-10)11(20)16(12)4-3-7-1-2-7/h7,18-19H,1-6H2,(H2,13,15). The van der Waals surface area contributed by atoms with E-state index in [1.807, 2.05) is 0 Å². The van der Waals surface area contributed by atoms with E-state index < -0.39 is 6.73 Å². The van der Waals surface area contributed by atoms with Gasteiger partial charge >= 0.3 is 0 Å². The number of rotatable bonds is 5. The zero-order valence-electron chi connectivity index (χ0n) is 11.0. The lowest BCUT2D eigenvalue weighted by Gasteiger charge is -2.09. The highest BCUT2D eigenvalue weighted by molar-refractivity contribution is 5.71. The lowest BCUT2D eigenvalue weighted by molar-refractivity contribution is 0.194. The molecule has 0 unspecified atom stereocenters. The number of hydrogen-bond donors (Lipinski definition) is 3. The molecule has 0 spiro atoms. The number of fused-ring (bicyclic) bond motifs is 1. The van der Waals surface area contributed by atoms with Gasteiger partial charge in [-0.25, -0.2) is 4.98 Å². The summed E-state index contributed by atoms with van der Waals surface area (Å²) in [6.45, 7) is -0.294. The quantitative estimate of drug-likeness (QED) is 0.673. The zero-order valence-corrected chi connectivity index (χ0v) is 11.0. The first kappa shape index (κ1) is 13.1. The third-order valence-electron chi connectivity index (χ3n) is 3.71. The summed E-state index contributed by atoms with van der Waals surface area (Å²) in [7, 11) is 0. The van der Waals surface area contributed by atoms with Crippen LogP contribution in [0.25, 0.3) is 11.2 Å². The van der Waals surface area contributed by atoms with Crippen LogP contribution in [0.1, 0.15) is 25.1 Å². The number of nitrogen functional groups attached to an aromatic ring is 1. The maximum atomic E-state index is 12.5. The Morgan fingerprint density at radius 2 is 2.00 bits per heavy atom. The van der Waals surface area contributed by atoms with Crippen molar-refractivity contribution in [3.8, 4) is 0 Å². The Labute approximate surface area is 114 Å². The van der Waals surface area contributed by atoms with Crippen molar-refractivity contribution in [1.82, 2.24) is 19.1 Å². The van der Waals surface area contributed by atoms with Crippen LogP contribution < -0.4 is 11.3 Å². The van der Waals surface area contributed by atoms with E-state index in [1.54, 1.807) is 0 Å². The summed E-state index contributed by atoms with van der Waals surface area (Å²) in [5, 5.41) is 18.6. The van der Waals surface area contributed by atoms with Gasteiger partial charge in [0.05, 0.1) is 0 Å². The fourth-order valence-electron chi connectivity index (χ4n) is 2.38. The number of imidazole rings is 1. The van der Waals surface area contributed by atoms with Crippen LogP contribution in [0, 0.1) is 5.92 Å². The fraction of sp³-hybridized carbons (Fsp3) is 0.583. The molecule has 3 rings (SSSR count). The fourth-order valence-corrected chi connectivity index (χ4v) is 2.38. The molecule has 20 heavy (non-hydrogen) atoms. The van der Waals surface area contributed by atoms with Crippen LogP contribution in [-0.2, 0) is 19.9 Å². The SMILES string of the molecule is Nc1nc2nc(CO)n(CO)c2c(=O)n1CCC1CC1. The van der Waals surface area contributed by atoms with Crippen LogP contribution in [0.5, 0.6) is 0 Å². The van der Waals surface area contributed by atoms with Gasteiger partial charge in [-0.2, -0.15) is 4.98 Å². The van der Waals surface area contributed by atoms with Gasteiger partial charge in [-0.05, 0) is 12.3 Å². The molecule has 0 aliphatic heterocycles. The molecule has 4 N–H and O–H groups in total. The molecule has 8 heteroatoms. The summed E-state index contributed by atoms with van der Waals surface area (Å²) >= 11 is 0. The lowest BCUT2D eigenvalue weighted by atomic mass is 10.3. The molecule has 1 aliphatic rings. The van der Waals surface area contributed by atoms with E-state index in [4.69, 9.17) is 5.73 Å². The molecule has 0 atom stereocenters. The molecule has 0 radical (unpaired) electrons. The van der Waals surface area contributed by atoms with Gasteiger partial charge < -0.3 is 15.9 Å². The van der Waals surface area contributed by atoms with Crippen molar-refractivity contribution in [3.63, 3.8) is 0 Å². The Hall–Kier alpha value is -1.93. The smallest absolute Gasteiger partial charge is 0.281 e. The van der Waals surface area contributed by atoms with Gasteiger partial charge in [-0.1, -0.05) is 12.8 Å². The Morgan fingerprint density at radius 3 is 2.60 bits per heavy atom. The number of anilines is 1. The molecule has 2 aromatic rings. The normalized spacial score (nSPS) is 15.1. The van der Waals surface area contributed by atoms with E-state index in [9.17, 15) is 15.0 Å². The van der Waals surface area contributed by atoms with E-state index in [0.29, 0.717) is 12.5 Å². The topological polar surface area (TPSA) is 119 Å². The Morgan fingerprint density at radius 1 is 1.25 bits per heavy atom. The minimum absolute atomic E-state index is 0.121. The Balaban J connectivity index is 2.13. The predicted octanol–water partition coefficient (Wildman–Crippen LogP) is -0.583. The van der Waals surface area contributed by atoms with Crippen molar-refractivity contribution in [2.45, 2.75) is 39.1 Å². The third-order valence-corrected chi connectivity index (χ3v) is 3.71. The molecule has 0 aromatic carbocycles. The average molecular weight is 279 g/mol. The number of aromatic nitrogens is 4. The molecule has 2 heterocycles. The van der Waals surface area contributed by atoms with Crippen molar-refractivity contribution in [2.75, 3.05) is 5.73 Å². The zero-order chi connectivity index (χ0) is 14.3. The van der Waals surface area contributed by atoms with Gasteiger partial charge in [0.1, 0.15) is 19.2 Å². The molecule has 108 valence electrons. The second-order valence-corrected chi connectivity index (χ2v) is 5.09. The molecular weight excluding hydrogens is 262 g/mol. The Bertz CT molecular complexity index is 701. The van der Waals surface area contributed by atoms with Crippen molar-refractivity contribution < 1.29 is 10.2 Å². The molecule has 0 saturated heterocycles. The number of nitrogens with two attached hydrogens (primary N) is 1. The van der Waals surface area contributed by atoms with E-state index >= 15 is 0 Å². The van der Waals surface area contributed by atoms with Crippen LogP contribution in [-0.4, -0.2) is 29.3 Å². The first-order chi connectivity index (χ1) is 9.65. The Kier molecular flexibility index (Phi) is 3.19. The van der Waals surface area contributed by atoms with Gasteiger partial charge in [-0.15, -0.1) is 0 Å². The second-order valence-electron chi connectivity index (χ2n) is 5.09. The van der Waals surface area contributed by atoms with Gasteiger partial charge in [0.25, 0.3) is 5.56 Å². The van der Waals surface area contributed by atoms with Crippen molar-refractivity contribution >= 4 is 17.1 Å². The van der Waals surface area contributed by atoms with Gasteiger partial charge in [0.2, 0.25) is 5.95 Å². The molecular formula is C12H17N5O3. The molecule has 1 saturated carbocycles. The first-order valence-corrected chi connectivity index (χ1v) is 6.62. The molecule has 1 aliphatic carbocycles. The second kappa shape index (κ2) is 4.88. The number of nitrogens with zero attached hydrogens (tertiary/aromatic N) is 4. The predicted molar refractivity (Wildman–Crippen MR) is 71.7 cm³/mol. The number of aliphatic hydroxyl groups is 2. The first-order valence-electron chi connectivity index (χ1n) is 6.62. The van der Waals surface area contributed by atoms with Crippen LogP contribution in [0.3, 0.4) is 0 Å². The van der Waals surface area contributed by atoms with E-state index in [2.05, 4.69) is 9.97 Å². The minimum atomic E-state index is -0.435.